The van der Waals surface area contributed by atoms with E-state index < -0.39 is 12.1 Å². The van der Waals surface area contributed by atoms with Gasteiger partial charge in [0.1, 0.15) is 0 Å². The first kappa shape index (κ1) is 21.6. The van der Waals surface area contributed by atoms with E-state index >= 15 is 0 Å². The maximum absolute atomic E-state index is 12.7. The zero-order valence-electron chi connectivity index (χ0n) is 16.1. The van der Waals surface area contributed by atoms with Crippen molar-refractivity contribution in [2.75, 3.05) is 6.54 Å². The molecule has 1 aromatic heterocycles. The molecule has 156 valence electrons. The van der Waals surface area contributed by atoms with Gasteiger partial charge in [0.05, 0.1) is 24.6 Å². The monoisotopic (exact) mass is 424 g/mol. The number of nitrogens with zero attached hydrogens (tertiary/aromatic N) is 4. The molecule has 3 rings (SSSR count). The van der Waals surface area contributed by atoms with E-state index in [0.29, 0.717) is 11.1 Å². The molecule has 1 heterocycles. The molecule has 0 atom stereocenters. The molecule has 0 spiro atoms. The van der Waals surface area contributed by atoms with Crippen LogP contribution in [0.1, 0.15) is 22.6 Å². The number of hydrogen-bond acceptors (Lipinski definition) is 5. The molecule has 0 radical (unpaired) electrons. The number of carbonyl (C=O) groups excluding carboxylic acids is 1. The molecular formula is C22H15F3N4O2. The molecule has 0 fully saturated rings. The van der Waals surface area contributed by atoms with Crippen molar-refractivity contribution in [3.63, 3.8) is 0 Å². The summed E-state index contributed by atoms with van der Waals surface area (Å²) in [7, 11) is 0. The fourth-order valence-corrected chi connectivity index (χ4v) is 2.76. The largest absolute Gasteiger partial charge is 0.471 e. The Kier molecular flexibility index (Phi) is 6.37. The van der Waals surface area contributed by atoms with Gasteiger partial charge in [-0.3, -0.25) is 4.79 Å². The van der Waals surface area contributed by atoms with Crippen molar-refractivity contribution < 1.29 is 22.5 Å². The van der Waals surface area contributed by atoms with Crippen LogP contribution in [0.15, 0.2) is 53.1 Å². The van der Waals surface area contributed by atoms with Crippen LogP contribution in [0.3, 0.4) is 0 Å². The Morgan fingerprint density at radius 3 is 2.29 bits per heavy atom. The zero-order chi connectivity index (χ0) is 22.4. The predicted molar refractivity (Wildman–Crippen MR) is 104 cm³/mol. The number of halogens is 3. The van der Waals surface area contributed by atoms with Crippen molar-refractivity contribution in [3.05, 3.63) is 71.1 Å². The maximum Gasteiger partial charge on any atom is 0.471 e. The van der Waals surface area contributed by atoms with Crippen molar-refractivity contribution >= 4 is 5.91 Å². The number of carbonyl (C=O) groups is 1. The van der Waals surface area contributed by atoms with Crippen molar-refractivity contribution in [1.82, 2.24) is 15.0 Å². The SMILES string of the molecule is C#CCN(Cc1ccc(-c2noc(C(F)(F)F)n2)cc1)C(=O)Cc1ccc(C#N)cc1. The Hall–Kier alpha value is -4.11. The number of benzene rings is 2. The summed E-state index contributed by atoms with van der Waals surface area (Å²) in [6.45, 7) is 0.316. The molecule has 0 unspecified atom stereocenters. The van der Waals surface area contributed by atoms with Crippen molar-refractivity contribution in [2.45, 2.75) is 19.1 Å². The lowest BCUT2D eigenvalue weighted by Gasteiger charge is -2.20. The van der Waals surface area contributed by atoms with Crippen LogP contribution in [0.5, 0.6) is 0 Å². The maximum atomic E-state index is 12.7. The van der Waals surface area contributed by atoms with Crippen LogP contribution in [0, 0.1) is 23.7 Å². The van der Waals surface area contributed by atoms with Crippen LogP contribution in [0.4, 0.5) is 13.2 Å². The van der Waals surface area contributed by atoms with Crippen LogP contribution in [0.2, 0.25) is 0 Å². The third kappa shape index (κ3) is 5.49. The number of alkyl halides is 3. The van der Waals surface area contributed by atoms with Crippen LogP contribution in [-0.2, 0) is 23.9 Å². The fourth-order valence-electron chi connectivity index (χ4n) is 2.76. The van der Waals surface area contributed by atoms with Crippen LogP contribution in [0.25, 0.3) is 11.4 Å². The highest BCUT2D eigenvalue weighted by Gasteiger charge is 2.38. The van der Waals surface area contributed by atoms with E-state index in [1.54, 1.807) is 48.5 Å². The van der Waals surface area contributed by atoms with Gasteiger partial charge < -0.3 is 9.42 Å². The molecule has 0 N–H and O–H groups in total. The minimum atomic E-state index is -4.71. The van der Waals surface area contributed by atoms with Gasteiger partial charge in [-0.1, -0.05) is 47.5 Å². The van der Waals surface area contributed by atoms with E-state index in [1.807, 2.05) is 6.07 Å². The molecule has 2 aromatic carbocycles. The molecule has 0 bridgehead atoms. The molecule has 9 heteroatoms. The number of rotatable bonds is 6. The van der Waals surface area contributed by atoms with Gasteiger partial charge >= 0.3 is 12.1 Å². The second-order valence-corrected chi connectivity index (χ2v) is 6.56. The number of aromatic nitrogens is 2. The van der Waals surface area contributed by atoms with Gasteiger partial charge in [-0.2, -0.15) is 23.4 Å². The molecule has 0 aliphatic carbocycles. The standard InChI is InChI=1S/C22H15F3N4O2/c1-2-11-29(19(30)12-15-3-5-16(13-26)6-4-15)14-17-7-9-18(10-8-17)20-27-21(31-28-20)22(23,24)25/h1,3-10H,11-12,14H2. The summed E-state index contributed by atoms with van der Waals surface area (Å²) < 4.78 is 42.0. The first-order valence-corrected chi connectivity index (χ1v) is 9.00. The van der Waals surface area contributed by atoms with Gasteiger partial charge in [0.2, 0.25) is 11.7 Å². The molecule has 3 aromatic rings. The number of terminal acetylenes is 1. The van der Waals surface area contributed by atoms with Crippen LogP contribution in [-0.4, -0.2) is 27.5 Å². The minimum absolute atomic E-state index is 0.0939. The number of amides is 1. The normalized spacial score (nSPS) is 10.9. The summed E-state index contributed by atoms with van der Waals surface area (Å²) in [5.41, 5.74) is 2.32. The Labute approximate surface area is 175 Å². The summed E-state index contributed by atoms with van der Waals surface area (Å²) in [5.74, 6) is 0.655. The molecule has 0 aliphatic rings. The summed E-state index contributed by atoms with van der Waals surface area (Å²) in [6.07, 6.45) is 0.798. The summed E-state index contributed by atoms with van der Waals surface area (Å²) >= 11 is 0. The molecule has 1 amide bonds. The van der Waals surface area contributed by atoms with Crippen molar-refractivity contribution in [1.29, 1.82) is 5.26 Å². The number of hydrogen-bond donors (Lipinski definition) is 0. The second kappa shape index (κ2) is 9.14. The van der Waals surface area contributed by atoms with Gasteiger partial charge in [0, 0.05) is 12.1 Å². The highest BCUT2D eigenvalue weighted by Crippen LogP contribution is 2.29. The van der Waals surface area contributed by atoms with E-state index in [4.69, 9.17) is 11.7 Å². The summed E-state index contributed by atoms with van der Waals surface area (Å²) in [4.78, 5) is 17.5. The summed E-state index contributed by atoms with van der Waals surface area (Å²) in [5, 5.41) is 12.2. The topological polar surface area (TPSA) is 83.0 Å². The van der Waals surface area contributed by atoms with E-state index in [2.05, 4.69) is 20.6 Å². The highest BCUT2D eigenvalue weighted by atomic mass is 19.4. The van der Waals surface area contributed by atoms with Gasteiger partial charge in [0.15, 0.2) is 0 Å². The molecule has 0 saturated heterocycles. The van der Waals surface area contributed by atoms with Crippen LogP contribution >= 0.6 is 0 Å². The second-order valence-electron chi connectivity index (χ2n) is 6.56. The van der Waals surface area contributed by atoms with E-state index in [1.165, 1.54) is 4.90 Å². The first-order valence-electron chi connectivity index (χ1n) is 9.00. The highest BCUT2D eigenvalue weighted by molar-refractivity contribution is 5.79. The Bertz CT molecular complexity index is 1140. The van der Waals surface area contributed by atoms with Gasteiger partial charge in [-0.15, -0.1) is 6.42 Å². The summed E-state index contributed by atoms with van der Waals surface area (Å²) in [6, 6.07) is 15.1. The molecule has 0 aliphatic heterocycles. The predicted octanol–water partition coefficient (Wildman–Crippen LogP) is 3.83. The van der Waals surface area contributed by atoms with Gasteiger partial charge in [-0.05, 0) is 23.3 Å². The van der Waals surface area contributed by atoms with Crippen LogP contribution < -0.4 is 0 Å². The lowest BCUT2D eigenvalue weighted by molar-refractivity contribution is -0.159. The third-order valence-electron chi connectivity index (χ3n) is 4.33. The lowest BCUT2D eigenvalue weighted by atomic mass is 10.1. The Morgan fingerprint density at radius 1 is 1.10 bits per heavy atom. The molecule has 6 nitrogen and oxygen atoms in total. The average molecular weight is 424 g/mol. The van der Waals surface area contributed by atoms with Gasteiger partial charge in [0.25, 0.3) is 0 Å². The first-order chi connectivity index (χ1) is 14.8. The van der Waals surface area contributed by atoms with Gasteiger partial charge in [-0.25, -0.2) is 0 Å². The number of nitriles is 1. The minimum Gasteiger partial charge on any atom is -0.329 e. The third-order valence-corrected chi connectivity index (χ3v) is 4.33. The molecule has 0 saturated carbocycles. The quantitative estimate of drug-likeness (QED) is 0.562. The molecule has 31 heavy (non-hydrogen) atoms. The average Bonchev–Trinajstić information content (AvgIpc) is 3.25. The van der Waals surface area contributed by atoms with E-state index in [9.17, 15) is 18.0 Å². The lowest BCUT2D eigenvalue weighted by Crippen LogP contribution is -2.32. The molecular weight excluding hydrogens is 409 g/mol. The van der Waals surface area contributed by atoms with Crippen molar-refractivity contribution in [2.24, 2.45) is 0 Å². The Balaban J connectivity index is 1.69. The zero-order valence-corrected chi connectivity index (χ0v) is 16.1. The fraction of sp³-hybridized carbons (Fsp3) is 0.182. The van der Waals surface area contributed by atoms with E-state index in [-0.39, 0.29) is 31.2 Å². The Morgan fingerprint density at radius 2 is 1.74 bits per heavy atom. The van der Waals surface area contributed by atoms with E-state index in [0.717, 1.165) is 11.1 Å². The smallest absolute Gasteiger partial charge is 0.329 e. The van der Waals surface area contributed by atoms with Crippen molar-refractivity contribution in [3.8, 4) is 29.8 Å².